The molecule has 0 spiro atoms. The average Bonchev–Trinajstić information content (AvgIpc) is 2.19. The van der Waals surface area contributed by atoms with Crippen molar-refractivity contribution in [2.45, 2.75) is 26.2 Å². The minimum atomic E-state index is -0.0802. The zero-order valence-electron chi connectivity index (χ0n) is 8.27. The standard InChI is InChI=1S/C10H15ClNOP/c1-2-3-4-7-14-10-9(11)8(13)5-6-12-10/h5-6,14H,2-4,7H2,1H3,(H,12,13). The van der Waals surface area contributed by atoms with E-state index >= 15 is 0 Å². The van der Waals surface area contributed by atoms with Gasteiger partial charge in [-0.05, 0) is 12.6 Å². The smallest absolute Gasteiger partial charge is 0.200 e. The summed E-state index contributed by atoms with van der Waals surface area (Å²) in [6, 6.07) is 1.46. The van der Waals surface area contributed by atoms with Crippen LogP contribution in [-0.2, 0) is 0 Å². The molecule has 1 aromatic heterocycles. The molecule has 1 heterocycles. The fraction of sp³-hybridized carbons (Fsp3) is 0.500. The lowest BCUT2D eigenvalue weighted by atomic mass is 10.3. The Morgan fingerprint density at radius 3 is 3.00 bits per heavy atom. The molecule has 78 valence electrons. The first-order chi connectivity index (χ1) is 6.75. The van der Waals surface area contributed by atoms with Gasteiger partial charge in [-0.15, -0.1) is 0 Å². The third-order valence-corrected chi connectivity index (χ3v) is 3.87. The second-order valence-corrected chi connectivity index (χ2v) is 4.90. The van der Waals surface area contributed by atoms with Crippen molar-refractivity contribution in [1.29, 1.82) is 0 Å². The van der Waals surface area contributed by atoms with Crippen molar-refractivity contribution in [1.82, 2.24) is 4.98 Å². The first-order valence-corrected chi connectivity index (χ1v) is 6.45. The number of rotatable bonds is 5. The van der Waals surface area contributed by atoms with Gasteiger partial charge in [0.05, 0.1) is 5.44 Å². The number of halogens is 1. The summed E-state index contributed by atoms with van der Waals surface area (Å²) in [4.78, 5) is 14.2. The van der Waals surface area contributed by atoms with E-state index in [1.807, 2.05) is 0 Å². The molecular weight excluding hydrogens is 217 g/mol. The Labute approximate surface area is 90.9 Å². The van der Waals surface area contributed by atoms with Crippen molar-refractivity contribution >= 4 is 25.6 Å². The minimum Gasteiger partial charge on any atom is -0.360 e. The normalized spacial score (nSPS) is 11.3. The Bertz CT molecular complexity index is 337. The highest BCUT2D eigenvalue weighted by atomic mass is 35.5. The molecule has 4 heteroatoms. The lowest BCUT2D eigenvalue weighted by molar-refractivity contribution is 0.778. The van der Waals surface area contributed by atoms with Crippen molar-refractivity contribution in [3.63, 3.8) is 0 Å². The molecule has 1 N–H and O–H groups in total. The monoisotopic (exact) mass is 231 g/mol. The number of unbranched alkanes of at least 4 members (excludes halogenated alkanes) is 2. The van der Waals surface area contributed by atoms with Crippen LogP contribution in [0.1, 0.15) is 26.2 Å². The maximum atomic E-state index is 11.2. The Hall–Kier alpha value is -0.330. The van der Waals surface area contributed by atoms with Crippen LogP contribution in [0.3, 0.4) is 0 Å². The Morgan fingerprint density at radius 2 is 2.29 bits per heavy atom. The molecule has 0 saturated heterocycles. The van der Waals surface area contributed by atoms with E-state index < -0.39 is 0 Å². The summed E-state index contributed by atoms with van der Waals surface area (Å²) in [5.41, 5.74) is 0.818. The van der Waals surface area contributed by atoms with Crippen molar-refractivity contribution in [2.75, 3.05) is 6.16 Å². The number of aromatic amines is 1. The van der Waals surface area contributed by atoms with Gasteiger partial charge in [-0.2, -0.15) is 0 Å². The average molecular weight is 232 g/mol. The molecule has 1 unspecified atom stereocenters. The predicted molar refractivity (Wildman–Crippen MR) is 64.4 cm³/mol. The number of pyridine rings is 1. The number of nitrogens with one attached hydrogen (secondary N) is 1. The third kappa shape index (κ3) is 3.43. The second kappa shape index (κ2) is 6.21. The quantitative estimate of drug-likeness (QED) is 0.613. The second-order valence-electron chi connectivity index (χ2n) is 3.16. The van der Waals surface area contributed by atoms with E-state index in [0.717, 1.165) is 11.6 Å². The first kappa shape index (κ1) is 11.7. The summed E-state index contributed by atoms with van der Waals surface area (Å²) in [6.45, 7) is 2.18. The Morgan fingerprint density at radius 1 is 1.50 bits per heavy atom. The highest BCUT2D eigenvalue weighted by Crippen LogP contribution is 2.15. The van der Waals surface area contributed by atoms with Gasteiger partial charge in [-0.1, -0.05) is 39.9 Å². The minimum absolute atomic E-state index is 0.0802. The number of hydrogen-bond acceptors (Lipinski definition) is 1. The maximum absolute atomic E-state index is 11.2. The van der Waals surface area contributed by atoms with Gasteiger partial charge < -0.3 is 4.98 Å². The van der Waals surface area contributed by atoms with E-state index in [2.05, 4.69) is 11.9 Å². The van der Waals surface area contributed by atoms with Crippen molar-refractivity contribution in [2.24, 2.45) is 0 Å². The van der Waals surface area contributed by atoms with Crippen LogP contribution >= 0.6 is 20.2 Å². The SMILES string of the molecule is CCCCCPc1[nH]ccc(=O)c1Cl. The number of aromatic nitrogens is 1. The fourth-order valence-corrected chi connectivity index (χ4v) is 2.64. The molecule has 0 saturated carbocycles. The highest BCUT2D eigenvalue weighted by molar-refractivity contribution is 7.47. The molecule has 0 aliphatic heterocycles. The number of hydrogen-bond donors (Lipinski definition) is 1. The summed E-state index contributed by atoms with van der Waals surface area (Å²) in [5, 5.41) is 0.363. The number of H-pyrrole nitrogens is 1. The van der Waals surface area contributed by atoms with E-state index in [1.165, 1.54) is 25.3 Å². The van der Waals surface area contributed by atoms with Crippen LogP contribution < -0.4 is 10.9 Å². The maximum Gasteiger partial charge on any atom is 0.200 e. The summed E-state index contributed by atoms with van der Waals surface area (Å²) in [5.74, 6) is 0. The molecule has 0 aliphatic rings. The van der Waals surface area contributed by atoms with Crippen LogP contribution in [-0.4, -0.2) is 11.1 Å². The Kier molecular flexibility index (Phi) is 5.21. The zero-order valence-corrected chi connectivity index (χ0v) is 10.0. The molecule has 1 rings (SSSR count). The molecule has 0 bridgehead atoms. The van der Waals surface area contributed by atoms with Gasteiger partial charge in [-0.25, -0.2) is 0 Å². The van der Waals surface area contributed by atoms with Crippen LogP contribution in [0, 0.1) is 0 Å². The predicted octanol–water partition coefficient (Wildman–Crippen LogP) is 2.52. The molecule has 0 fully saturated rings. The summed E-state index contributed by atoms with van der Waals surface area (Å²) < 4.78 is 0. The van der Waals surface area contributed by atoms with Crippen LogP contribution in [0.25, 0.3) is 0 Å². The topological polar surface area (TPSA) is 32.9 Å². The van der Waals surface area contributed by atoms with Gasteiger partial charge in [0.2, 0.25) is 5.43 Å². The van der Waals surface area contributed by atoms with Gasteiger partial charge in [0.1, 0.15) is 5.02 Å². The molecule has 0 radical (unpaired) electrons. The molecule has 0 aromatic carbocycles. The lowest BCUT2D eigenvalue weighted by Crippen LogP contribution is -2.13. The fourth-order valence-electron chi connectivity index (χ4n) is 1.18. The first-order valence-electron chi connectivity index (χ1n) is 4.86. The third-order valence-electron chi connectivity index (χ3n) is 1.98. The van der Waals surface area contributed by atoms with Crippen LogP contribution in [0.2, 0.25) is 5.02 Å². The summed E-state index contributed by atoms with van der Waals surface area (Å²) in [6.07, 6.45) is 6.47. The van der Waals surface area contributed by atoms with Crippen LogP contribution in [0.15, 0.2) is 17.1 Å². The summed E-state index contributed by atoms with van der Waals surface area (Å²) >= 11 is 5.87. The largest absolute Gasteiger partial charge is 0.360 e. The van der Waals surface area contributed by atoms with Gasteiger partial charge in [0.15, 0.2) is 0 Å². The zero-order chi connectivity index (χ0) is 10.4. The molecule has 0 amide bonds. The molecule has 2 nitrogen and oxygen atoms in total. The van der Waals surface area contributed by atoms with E-state index in [-0.39, 0.29) is 5.43 Å². The lowest BCUT2D eigenvalue weighted by Gasteiger charge is -2.02. The van der Waals surface area contributed by atoms with Gasteiger partial charge >= 0.3 is 0 Å². The van der Waals surface area contributed by atoms with Gasteiger partial charge in [-0.3, -0.25) is 4.79 Å². The molecule has 14 heavy (non-hydrogen) atoms. The van der Waals surface area contributed by atoms with E-state index in [9.17, 15) is 4.79 Å². The van der Waals surface area contributed by atoms with E-state index in [1.54, 1.807) is 6.20 Å². The Balaban J connectivity index is 2.51. The van der Waals surface area contributed by atoms with Crippen molar-refractivity contribution < 1.29 is 0 Å². The highest BCUT2D eigenvalue weighted by Gasteiger charge is 2.02. The van der Waals surface area contributed by atoms with E-state index in [4.69, 9.17) is 11.6 Å². The molecule has 1 atom stereocenters. The van der Waals surface area contributed by atoms with Crippen molar-refractivity contribution in [3.05, 3.63) is 27.5 Å². The molecule has 0 aliphatic carbocycles. The van der Waals surface area contributed by atoms with Crippen LogP contribution in [0.4, 0.5) is 0 Å². The van der Waals surface area contributed by atoms with Crippen LogP contribution in [0.5, 0.6) is 0 Å². The molecular formula is C10H15ClNOP. The summed E-state index contributed by atoms with van der Waals surface area (Å²) in [7, 11) is 0.622. The van der Waals surface area contributed by atoms with Gasteiger partial charge in [0, 0.05) is 12.3 Å². The van der Waals surface area contributed by atoms with E-state index in [0.29, 0.717) is 13.6 Å². The van der Waals surface area contributed by atoms with Gasteiger partial charge in [0.25, 0.3) is 0 Å². The van der Waals surface area contributed by atoms with Crippen molar-refractivity contribution in [3.8, 4) is 0 Å². The molecule has 1 aromatic rings.